The van der Waals surface area contributed by atoms with Crippen LogP contribution in [0.1, 0.15) is 15.9 Å². The van der Waals surface area contributed by atoms with Crippen molar-refractivity contribution in [1.29, 1.82) is 0 Å². The van der Waals surface area contributed by atoms with Gasteiger partial charge in [0.05, 0.1) is 5.69 Å². The van der Waals surface area contributed by atoms with Gasteiger partial charge in [0, 0.05) is 15.7 Å². The predicted molar refractivity (Wildman–Crippen MR) is 79.4 cm³/mol. The first-order valence-corrected chi connectivity index (χ1v) is 6.42. The molecule has 0 aliphatic heterocycles. The summed E-state index contributed by atoms with van der Waals surface area (Å²) in [6.45, 7) is 1.91. The maximum Gasteiger partial charge on any atom is 0.255 e. The van der Waals surface area contributed by atoms with Crippen LogP contribution in [0.25, 0.3) is 0 Å². The van der Waals surface area contributed by atoms with Gasteiger partial charge in [-0.15, -0.1) is 0 Å². The summed E-state index contributed by atoms with van der Waals surface area (Å²) in [6, 6.07) is 10.0. The second-order valence-corrected chi connectivity index (χ2v) is 5.10. The van der Waals surface area contributed by atoms with Gasteiger partial charge in [0.25, 0.3) is 5.91 Å². The van der Waals surface area contributed by atoms with E-state index in [0.29, 0.717) is 5.56 Å². The second kappa shape index (κ2) is 5.32. The molecule has 4 nitrogen and oxygen atoms in total. The number of hydrogen-bond acceptors (Lipinski definition) is 3. The number of carbonyl (C=O) groups is 1. The molecule has 4 N–H and O–H groups in total. The number of amides is 1. The van der Waals surface area contributed by atoms with Gasteiger partial charge in [0.15, 0.2) is 0 Å². The molecule has 0 fully saturated rings. The number of benzene rings is 2. The van der Waals surface area contributed by atoms with Crippen LogP contribution < -0.4 is 11.1 Å². The Kier molecular flexibility index (Phi) is 3.76. The van der Waals surface area contributed by atoms with E-state index in [1.165, 1.54) is 12.1 Å². The van der Waals surface area contributed by atoms with Crippen molar-refractivity contribution in [3.05, 3.63) is 52.0 Å². The highest BCUT2D eigenvalue weighted by Crippen LogP contribution is 2.23. The highest BCUT2D eigenvalue weighted by Gasteiger charge is 2.10. The first kappa shape index (κ1) is 13.4. The summed E-state index contributed by atoms with van der Waals surface area (Å²) < 4.78 is 0.883. The average Bonchev–Trinajstić information content (AvgIpc) is 2.37. The number of rotatable bonds is 2. The number of carbonyl (C=O) groups excluding carboxylic acids is 1. The number of nitrogens with one attached hydrogen (secondary N) is 1. The lowest BCUT2D eigenvalue weighted by Gasteiger charge is -2.09. The Morgan fingerprint density at radius 1 is 1.26 bits per heavy atom. The molecule has 0 atom stereocenters. The molecule has 1 amide bonds. The van der Waals surface area contributed by atoms with Crippen molar-refractivity contribution < 1.29 is 9.90 Å². The quantitative estimate of drug-likeness (QED) is 0.587. The zero-order valence-electron chi connectivity index (χ0n) is 10.3. The van der Waals surface area contributed by atoms with E-state index in [1.807, 2.05) is 25.1 Å². The zero-order chi connectivity index (χ0) is 14.0. The second-order valence-electron chi connectivity index (χ2n) is 4.19. The topological polar surface area (TPSA) is 75.4 Å². The third-order valence-electron chi connectivity index (χ3n) is 2.74. The van der Waals surface area contributed by atoms with E-state index in [4.69, 9.17) is 5.73 Å². The van der Waals surface area contributed by atoms with Gasteiger partial charge >= 0.3 is 0 Å². The molecule has 0 heterocycles. The fourth-order valence-electron chi connectivity index (χ4n) is 1.61. The summed E-state index contributed by atoms with van der Waals surface area (Å²) in [5.74, 6) is -0.393. The molecule has 0 aromatic heterocycles. The molecule has 2 aromatic rings. The highest BCUT2D eigenvalue weighted by atomic mass is 79.9. The normalized spacial score (nSPS) is 10.2. The number of nitrogens with two attached hydrogens (primary N) is 1. The lowest BCUT2D eigenvalue weighted by molar-refractivity contribution is 0.102. The van der Waals surface area contributed by atoms with Crippen molar-refractivity contribution in [3.8, 4) is 5.75 Å². The van der Waals surface area contributed by atoms with Crippen LogP contribution in [-0.2, 0) is 0 Å². The molecular formula is C14H13BrN2O2. The van der Waals surface area contributed by atoms with Crippen molar-refractivity contribution in [3.63, 3.8) is 0 Å². The summed E-state index contributed by atoms with van der Waals surface area (Å²) in [7, 11) is 0. The lowest BCUT2D eigenvalue weighted by Crippen LogP contribution is -2.12. The van der Waals surface area contributed by atoms with Gasteiger partial charge in [-0.05, 0) is 42.8 Å². The predicted octanol–water partition coefficient (Wildman–Crippen LogP) is 3.30. The molecule has 0 spiro atoms. The van der Waals surface area contributed by atoms with Gasteiger partial charge < -0.3 is 16.2 Å². The summed E-state index contributed by atoms with van der Waals surface area (Å²) in [5.41, 5.74) is 7.77. The number of nitrogen functional groups attached to an aromatic ring is 1. The Bertz CT molecular complexity index is 641. The minimum absolute atomic E-state index is 0.0985. The number of aryl methyl sites for hydroxylation is 1. The van der Waals surface area contributed by atoms with Crippen LogP contribution in [0.15, 0.2) is 40.9 Å². The number of phenolic OH excluding ortho intramolecular Hbond substituents is 1. The molecular weight excluding hydrogens is 308 g/mol. The Hall–Kier alpha value is -2.01. The summed E-state index contributed by atoms with van der Waals surface area (Å²) >= 11 is 3.36. The van der Waals surface area contributed by atoms with E-state index in [9.17, 15) is 9.90 Å². The molecule has 0 unspecified atom stereocenters. The van der Waals surface area contributed by atoms with Crippen molar-refractivity contribution >= 4 is 33.2 Å². The standard InChI is InChI=1S/C14H13BrN2O2/c1-8-2-4-10(15)7-12(8)17-14(19)9-3-5-11(16)13(18)6-9/h2-7,18H,16H2,1H3,(H,17,19). The number of phenols is 1. The van der Waals surface area contributed by atoms with E-state index >= 15 is 0 Å². The van der Waals surface area contributed by atoms with E-state index in [2.05, 4.69) is 21.2 Å². The molecule has 98 valence electrons. The molecule has 2 rings (SSSR count). The molecule has 0 radical (unpaired) electrons. The first-order valence-electron chi connectivity index (χ1n) is 5.63. The van der Waals surface area contributed by atoms with Crippen LogP contribution in [-0.4, -0.2) is 11.0 Å². The van der Waals surface area contributed by atoms with Crippen LogP contribution >= 0.6 is 15.9 Å². The maximum absolute atomic E-state index is 12.1. The molecule has 0 aliphatic carbocycles. The van der Waals surface area contributed by atoms with E-state index in [1.54, 1.807) is 6.07 Å². The van der Waals surface area contributed by atoms with Crippen LogP contribution in [0, 0.1) is 6.92 Å². The zero-order valence-corrected chi connectivity index (χ0v) is 11.9. The Morgan fingerprint density at radius 3 is 2.68 bits per heavy atom. The van der Waals surface area contributed by atoms with Crippen LogP contribution in [0.5, 0.6) is 5.75 Å². The molecule has 0 saturated carbocycles. The van der Waals surface area contributed by atoms with Gasteiger partial charge in [-0.25, -0.2) is 0 Å². The Balaban J connectivity index is 2.25. The van der Waals surface area contributed by atoms with Crippen molar-refractivity contribution in [2.75, 3.05) is 11.1 Å². The Labute approximate surface area is 119 Å². The molecule has 0 saturated heterocycles. The minimum atomic E-state index is -0.295. The molecule has 0 aliphatic rings. The fourth-order valence-corrected chi connectivity index (χ4v) is 1.97. The smallest absolute Gasteiger partial charge is 0.255 e. The third kappa shape index (κ3) is 3.06. The molecule has 0 bridgehead atoms. The SMILES string of the molecule is Cc1ccc(Br)cc1NC(=O)c1ccc(N)c(O)c1. The molecule has 2 aromatic carbocycles. The number of anilines is 2. The number of aromatic hydroxyl groups is 1. The van der Waals surface area contributed by atoms with Gasteiger partial charge in [-0.3, -0.25) is 4.79 Å². The number of hydrogen-bond donors (Lipinski definition) is 3. The lowest BCUT2D eigenvalue weighted by atomic mass is 10.1. The number of halogens is 1. The van der Waals surface area contributed by atoms with Crippen molar-refractivity contribution in [2.24, 2.45) is 0 Å². The minimum Gasteiger partial charge on any atom is -0.506 e. The molecule has 5 heteroatoms. The van der Waals surface area contributed by atoms with Crippen LogP contribution in [0.3, 0.4) is 0 Å². The van der Waals surface area contributed by atoms with E-state index in [-0.39, 0.29) is 17.3 Å². The largest absolute Gasteiger partial charge is 0.506 e. The molecule has 19 heavy (non-hydrogen) atoms. The van der Waals surface area contributed by atoms with E-state index in [0.717, 1.165) is 15.7 Å². The third-order valence-corrected chi connectivity index (χ3v) is 3.23. The fraction of sp³-hybridized carbons (Fsp3) is 0.0714. The van der Waals surface area contributed by atoms with Gasteiger partial charge in [-0.2, -0.15) is 0 Å². The maximum atomic E-state index is 12.1. The van der Waals surface area contributed by atoms with Crippen LogP contribution in [0.4, 0.5) is 11.4 Å². The average molecular weight is 321 g/mol. The summed E-state index contributed by atoms with van der Waals surface area (Å²) in [5, 5.41) is 12.3. The Morgan fingerprint density at radius 2 is 2.00 bits per heavy atom. The summed E-state index contributed by atoms with van der Waals surface area (Å²) in [4.78, 5) is 12.1. The summed E-state index contributed by atoms with van der Waals surface area (Å²) in [6.07, 6.45) is 0. The van der Waals surface area contributed by atoms with E-state index < -0.39 is 0 Å². The monoisotopic (exact) mass is 320 g/mol. The van der Waals surface area contributed by atoms with Gasteiger partial charge in [-0.1, -0.05) is 22.0 Å². The van der Waals surface area contributed by atoms with Crippen molar-refractivity contribution in [1.82, 2.24) is 0 Å². The van der Waals surface area contributed by atoms with Gasteiger partial charge in [0.2, 0.25) is 0 Å². The highest BCUT2D eigenvalue weighted by molar-refractivity contribution is 9.10. The van der Waals surface area contributed by atoms with Crippen LogP contribution in [0.2, 0.25) is 0 Å². The first-order chi connectivity index (χ1) is 8.97. The van der Waals surface area contributed by atoms with Gasteiger partial charge in [0.1, 0.15) is 5.75 Å². The van der Waals surface area contributed by atoms with Crippen molar-refractivity contribution in [2.45, 2.75) is 6.92 Å².